The molecule has 5 nitrogen and oxygen atoms in total. The van der Waals surface area contributed by atoms with Gasteiger partial charge in [0.25, 0.3) is 0 Å². The highest BCUT2D eigenvalue weighted by Gasteiger charge is 2.12. The van der Waals surface area contributed by atoms with Crippen LogP contribution < -0.4 is 0 Å². The number of aryl methyl sites for hydroxylation is 1. The van der Waals surface area contributed by atoms with E-state index in [1.54, 1.807) is 23.5 Å². The number of carboxylic acids is 2. The van der Waals surface area contributed by atoms with E-state index in [9.17, 15) is 14.0 Å². The first-order chi connectivity index (χ1) is 14.3. The van der Waals surface area contributed by atoms with Gasteiger partial charge >= 0.3 is 11.9 Å². The Balaban J connectivity index is 0.000000343. The lowest BCUT2D eigenvalue weighted by Crippen LogP contribution is -2.26. The number of aliphatic carboxylic acids is 2. The van der Waals surface area contributed by atoms with Crippen molar-refractivity contribution in [3.8, 4) is 10.4 Å². The van der Waals surface area contributed by atoms with Gasteiger partial charge in [-0.25, -0.2) is 14.0 Å². The molecule has 2 N–H and O–H groups in total. The molecule has 0 radical (unpaired) electrons. The van der Waals surface area contributed by atoms with Crippen LogP contribution >= 0.6 is 11.3 Å². The molecule has 0 unspecified atom stereocenters. The molecule has 1 saturated heterocycles. The maximum absolute atomic E-state index is 13.7. The second kappa shape index (κ2) is 11.4. The first-order valence-electron chi connectivity index (χ1n) is 9.69. The van der Waals surface area contributed by atoms with Gasteiger partial charge in [0, 0.05) is 40.6 Å². The van der Waals surface area contributed by atoms with Crippen LogP contribution in [-0.4, -0.2) is 47.2 Å². The van der Waals surface area contributed by atoms with Crippen LogP contribution in [0.5, 0.6) is 0 Å². The Morgan fingerprint density at radius 1 is 1.10 bits per heavy atom. The van der Waals surface area contributed by atoms with E-state index in [1.807, 2.05) is 6.07 Å². The quantitative estimate of drug-likeness (QED) is 0.656. The summed E-state index contributed by atoms with van der Waals surface area (Å²) in [6.45, 7) is 4.38. The third-order valence-corrected chi connectivity index (χ3v) is 5.91. The third kappa shape index (κ3) is 7.57. The second-order valence-corrected chi connectivity index (χ2v) is 8.14. The molecular weight excluding hydrogens is 405 g/mol. The lowest BCUT2D eigenvalue weighted by atomic mass is 9.98. The summed E-state index contributed by atoms with van der Waals surface area (Å²) >= 11 is 1.77. The van der Waals surface area contributed by atoms with E-state index in [2.05, 4.69) is 37.1 Å². The lowest BCUT2D eigenvalue weighted by Gasteiger charge is -2.24. The molecule has 2 aromatic rings. The SMILES string of the molecule is CCc1ccc(-c2cc(F)ccc2C=C2CCN(C)CC2)s1.O=C(O)/C=C\C(=O)O. The van der Waals surface area contributed by atoms with E-state index in [1.165, 1.54) is 10.5 Å². The molecule has 1 aliphatic heterocycles. The van der Waals surface area contributed by atoms with Crippen molar-refractivity contribution in [3.63, 3.8) is 0 Å². The highest BCUT2D eigenvalue weighted by molar-refractivity contribution is 7.15. The molecule has 0 aliphatic carbocycles. The van der Waals surface area contributed by atoms with Gasteiger partial charge in [-0.1, -0.05) is 24.6 Å². The van der Waals surface area contributed by atoms with Crippen molar-refractivity contribution in [2.75, 3.05) is 20.1 Å². The topological polar surface area (TPSA) is 77.8 Å². The van der Waals surface area contributed by atoms with Crippen molar-refractivity contribution in [1.29, 1.82) is 0 Å². The van der Waals surface area contributed by atoms with Crippen molar-refractivity contribution in [1.82, 2.24) is 4.90 Å². The molecule has 1 aromatic heterocycles. The minimum atomic E-state index is -1.26. The van der Waals surface area contributed by atoms with Crippen molar-refractivity contribution in [3.05, 3.63) is 64.3 Å². The van der Waals surface area contributed by atoms with E-state index in [0.29, 0.717) is 12.2 Å². The predicted octanol–water partition coefficient (Wildman–Crippen LogP) is 4.94. The van der Waals surface area contributed by atoms with Gasteiger partial charge in [-0.15, -0.1) is 11.3 Å². The largest absolute Gasteiger partial charge is 0.478 e. The second-order valence-electron chi connectivity index (χ2n) is 6.97. The lowest BCUT2D eigenvalue weighted by molar-refractivity contribution is -0.134. The van der Waals surface area contributed by atoms with Gasteiger partial charge in [0.05, 0.1) is 0 Å². The number of nitrogens with zero attached hydrogens (tertiary/aromatic N) is 1. The fraction of sp³-hybridized carbons (Fsp3) is 0.304. The molecule has 0 spiro atoms. The fourth-order valence-corrected chi connectivity index (χ4v) is 3.98. The molecule has 0 atom stereocenters. The number of carbonyl (C=O) groups is 2. The van der Waals surface area contributed by atoms with Crippen LogP contribution in [0.1, 0.15) is 30.2 Å². The number of hydrogen-bond acceptors (Lipinski definition) is 4. The normalized spacial score (nSPS) is 14.3. The summed E-state index contributed by atoms with van der Waals surface area (Å²) in [5, 5.41) is 15.6. The van der Waals surface area contributed by atoms with Crippen molar-refractivity contribution in [2.45, 2.75) is 26.2 Å². The summed E-state index contributed by atoms with van der Waals surface area (Å²) in [7, 11) is 2.16. The summed E-state index contributed by atoms with van der Waals surface area (Å²) < 4.78 is 13.7. The Bertz CT molecular complexity index is 922. The predicted molar refractivity (Wildman–Crippen MR) is 118 cm³/mol. The van der Waals surface area contributed by atoms with Crippen LogP contribution in [0, 0.1) is 5.82 Å². The van der Waals surface area contributed by atoms with Gasteiger partial charge in [-0.3, -0.25) is 0 Å². The Morgan fingerprint density at radius 3 is 2.27 bits per heavy atom. The highest BCUT2D eigenvalue weighted by atomic mass is 32.1. The van der Waals surface area contributed by atoms with Crippen molar-refractivity contribution >= 4 is 29.4 Å². The summed E-state index contributed by atoms with van der Waals surface area (Å²) in [5.74, 6) is -2.67. The molecule has 160 valence electrons. The molecule has 7 heteroatoms. The molecule has 1 fully saturated rings. The molecule has 30 heavy (non-hydrogen) atoms. The molecule has 0 saturated carbocycles. The Labute approximate surface area is 179 Å². The monoisotopic (exact) mass is 431 g/mol. The molecule has 2 heterocycles. The van der Waals surface area contributed by atoms with Crippen LogP contribution in [0.25, 0.3) is 16.5 Å². The summed E-state index contributed by atoms with van der Waals surface area (Å²) in [6.07, 6.45) is 6.64. The van der Waals surface area contributed by atoms with Gasteiger partial charge in [0.1, 0.15) is 5.82 Å². The van der Waals surface area contributed by atoms with E-state index in [0.717, 1.165) is 48.4 Å². The zero-order chi connectivity index (χ0) is 22.1. The smallest absolute Gasteiger partial charge is 0.328 e. The van der Waals surface area contributed by atoms with E-state index in [-0.39, 0.29) is 5.82 Å². The average molecular weight is 432 g/mol. The Kier molecular flexibility index (Phi) is 8.95. The summed E-state index contributed by atoms with van der Waals surface area (Å²) in [5.41, 5.74) is 3.64. The minimum Gasteiger partial charge on any atom is -0.478 e. The Morgan fingerprint density at radius 2 is 1.73 bits per heavy atom. The summed E-state index contributed by atoms with van der Waals surface area (Å²) in [4.78, 5) is 24.0. The number of hydrogen-bond donors (Lipinski definition) is 2. The molecule has 0 bridgehead atoms. The molecule has 0 amide bonds. The van der Waals surface area contributed by atoms with Gasteiger partial charge in [-0.2, -0.15) is 0 Å². The number of halogens is 1. The molecular formula is C23H26FNO4S. The van der Waals surface area contributed by atoms with Gasteiger partial charge < -0.3 is 15.1 Å². The van der Waals surface area contributed by atoms with Crippen molar-refractivity contribution in [2.24, 2.45) is 0 Å². The third-order valence-electron chi connectivity index (χ3n) is 4.65. The zero-order valence-corrected chi connectivity index (χ0v) is 17.9. The number of benzene rings is 1. The van der Waals surface area contributed by atoms with Crippen LogP contribution in [0.4, 0.5) is 4.39 Å². The van der Waals surface area contributed by atoms with E-state index < -0.39 is 11.9 Å². The maximum atomic E-state index is 13.7. The molecule has 1 aliphatic rings. The average Bonchev–Trinajstić information content (AvgIpc) is 3.19. The number of piperidine rings is 1. The number of likely N-dealkylation sites (tertiary alicyclic amines) is 1. The van der Waals surface area contributed by atoms with Crippen LogP contribution in [-0.2, 0) is 16.0 Å². The zero-order valence-electron chi connectivity index (χ0n) is 17.1. The van der Waals surface area contributed by atoms with Gasteiger partial charge in [0.2, 0.25) is 0 Å². The summed E-state index contributed by atoms with van der Waals surface area (Å²) in [6, 6.07) is 9.43. The number of carboxylic acid groups (broad SMARTS) is 2. The molecule has 1 aromatic carbocycles. The fourth-order valence-electron chi connectivity index (χ4n) is 2.99. The minimum absolute atomic E-state index is 0.160. The Hall–Kier alpha value is -2.77. The standard InChI is InChI=1S/C19H22FNS.C4H4O4/c1-3-17-6-7-19(22-17)18-13-16(20)5-4-15(18)12-14-8-10-21(2)11-9-14;5-3(6)1-2-4(7)8/h4-7,12-13H,3,8-11H2,1-2H3;1-2H,(H,5,6)(H,7,8)/b;2-1-. The van der Waals surface area contributed by atoms with Crippen LogP contribution in [0.2, 0.25) is 0 Å². The number of rotatable bonds is 5. The number of thiophene rings is 1. The first-order valence-corrected chi connectivity index (χ1v) is 10.5. The van der Waals surface area contributed by atoms with E-state index >= 15 is 0 Å². The van der Waals surface area contributed by atoms with E-state index in [4.69, 9.17) is 10.2 Å². The van der Waals surface area contributed by atoms with Gasteiger partial charge in [-0.05, 0) is 56.1 Å². The maximum Gasteiger partial charge on any atom is 0.328 e. The van der Waals surface area contributed by atoms with Crippen LogP contribution in [0.3, 0.4) is 0 Å². The van der Waals surface area contributed by atoms with Gasteiger partial charge in [0.15, 0.2) is 0 Å². The highest BCUT2D eigenvalue weighted by Crippen LogP contribution is 2.33. The molecule has 3 rings (SSSR count). The van der Waals surface area contributed by atoms with Crippen molar-refractivity contribution < 1.29 is 24.2 Å². The first kappa shape index (κ1) is 23.5. The van der Waals surface area contributed by atoms with Crippen LogP contribution in [0.15, 0.2) is 48.1 Å².